The number of halogens is 4. The molecule has 3 nitrogen and oxygen atoms in total. The topological polar surface area (TPSA) is 41.6 Å². The van der Waals surface area contributed by atoms with E-state index in [1.54, 1.807) is 6.20 Å². The first-order valence-electron chi connectivity index (χ1n) is 4.73. The van der Waals surface area contributed by atoms with Crippen molar-refractivity contribution in [2.75, 3.05) is 0 Å². The largest absolute Gasteiger partial charge is 0.417 e. The van der Waals surface area contributed by atoms with E-state index >= 15 is 0 Å². The zero-order chi connectivity index (χ0) is 13.3. The number of nitriles is 1. The molecule has 2 rings (SSSR count). The molecule has 0 saturated heterocycles. The third kappa shape index (κ3) is 2.48. The maximum absolute atomic E-state index is 12.8. The summed E-state index contributed by atoms with van der Waals surface area (Å²) in [6.45, 7) is 0. The summed E-state index contributed by atoms with van der Waals surface area (Å²) in [5.41, 5.74) is -1.08. The van der Waals surface area contributed by atoms with Crippen molar-refractivity contribution in [1.82, 2.24) is 9.78 Å². The molecular weight excluding hydrogens is 358 g/mol. The third-order valence-corrected chi connectivity index (χ3v) is 2.80. The number of hydrogen-bond donors (Lipinski definition) is 0. The maximum atomic E-state index is 12.8. The second kappa shape index (κ2) is 4.61. The van der Waals surface area contributed by atoms with Crippen molar-refractivity contribution in [2.24, 2.45) is 0 Å². The Balaban J connectivity index is 2.57. The lowest BCUT2D eigenvalue weighted by Gasteiger charge is -2.10. The van der Waals surface area contributed by atoms with Gasteiger partial charge in [0.2, 0.25) is 0 Å². The Labute approximate surface area is 114 Å². The van der Waals surface area contributed by atoms with E-state index in [-0.39, 0.29) is 5.69 Å². The van der Waals surface area contributed by atoms with Crippen LogP contribution in [-0.4, -0.2) is 9.78 Å². The fraction of sp³-hybridized carbons (Fsp3) is 0.0909. The molecule has 0 aliphatic heterocycles. The Bertz CT molecular complexity index is 625. The molecule has 1 aromatic carbocycles. The average Bonchev–Trinajstić information content (AvgIpc) is 2.74. The molecule has 1 aromatic heterocycles. The van der Waals surface area contributed by atoms with Crippen molar-refractivity contribution in [1.29, 1.82) is 5.26 Å². The van der Waals surface area contributed by atoms with Gasteiger partial charge in [-0.05, 0) is 40.8 Å². The molecular formula is C11H5F3IN3. The van der Waals surface area contributed by atoms with Crippen LogP contribution >= 0.6 is 22.6 Å². The molecule has 0 unspecified atom stereocenters. The molecule has 0 aliphatic carbocycles. The highest BCUT2D eigenvalue weighted by atomic mass is 127. The zero-order valence-corrected chi connectivity index (χ0v) is 10.9. The van der Waals surface area contributed by atoms with Gasteiger partial charge in [0.15, 0.2) is 0 Å². The van der Waals surface area contributed by atoms with E-state index in [2.05, 4.69) is 5.10 Å². The quantitative estimate of drug-likeness (QED) is 0.730. The van der Waals surface area contributed by atoms with Gasteiger partial charge in [0.05, 0.1) is 32.7 Å². The van der Waals surface area contributed by atoms with E-state index in [4.69, 9.17) is 5.26 Å². The minimum atomic E-state index is -4.55. The Hall–Kier alpha value is -1.56. The number of rotatable bonds is 1. The van der Waals surface area contributed by atoms with Crippen LogP contribution in [0.15, 0.2) is 30.6 Å². The predicted molar refractivity (Wildman–Crippen MR) is 66.0 cm³/mol. The summed E-state index contributed by atoms with van der Waals surface area (Å²) >= 11 is 2.01. The normalized spacial score (nSPS) is 11.3. The summed E-state index contributed by atoms with van der Waals surface area (Å²) in [4.78, 5) is 0. The predicted octanol–water partition coefficient (Wildman–Crippen LogP) is 3.37. The van der Waals surface area contributed by atoms with E-state index in [1.807, 2.05) is 22.6 Å². The van der Waals surface area contributed by atoms with Crippen LogP contribution in [0.1, 0.15) is 11.1 Å². The highest BCUT2D eigenvalue weighted by Crippen LogP contribution is 2.33. The molecule has 0 radical (unpaired) electrons. The Morgan fingerprint density at radius 3 is 2.56 bits per heavy atom. The van der Waals surface area contributed by atoms with Crippen LogP contribution in [0.4, 0.5) is 13.2 Å². The average molecular weight is 363 g/mol. The van der Waals surface area contributed by atoms with Crippen molar-refractivity contribution >= 4 is 22.6 Å². The van der Waals surface area contributed by atoms with Crippen LogP contribution in [0, 0.1) is 14.9 Å². The number of alkyl halides is 3. The van der Waals surface area contributed by atoms with Crippen LogP contribution in [0.2, 0.25) is 0 Å². The molecule has 92 valence electrons. The fourth-order valence-electron chi connectivity index (χ4n) is 1.45. The molecule has 18 heavy (non-hydrogen) atoms. The van der Waals surface area contributed by atoms with E-state index in [9.17, 15) is 13.2 Å². The summed E-state index contributed by atoms with van der Waals surface area (Å²) in [5, 5.41) is 12.6. The molecule has 0 N–H and O–H groups in total. The lowest BCUT2D eigenvalue weighted by molar-refractivity contribution is -0.137. The van der Waals surface area contributed by atoms with E-state index < -0.39 is 17.3 Å². The fourth-order valence-corrected chi connectivity index (χ4v) is 1.84. The van der Waals surface area contributed by atoms with Gasteiger partial charge in [-0.1, -0.05) is 0 Å². The number of hydrogen-bond acceptors (Lipinski definition) is 2. The summed E-state index contributed by atoms with van der Waals surface area (Å²) in [5.74, 6) is 0. The molecule has 0 spiro atoms. The second-order valence-electron chi connectivity index (χ2n) is 3.44. The number of nitrogens with zero attached hydrogens (tertiary/aromatic N) is 3. The van der Waals surface area contributed by atoms with Crippen molar-refractivity contribution in [3.05, 3.63) is 45.3 Å². The van der Waals surface area contributed by atoms with Crippen molar-refractivity contribution < 1.29 is 13.2 Å². The summed E-state index contributed by atoms with van der Waals surface area (Å²) in [7, 11) is 0. The zero-order valence-electron chi connectivity index (χ0n) is 8.74. The maximum Gasteiger partial charge on any atom is 0.417 e. The van der Waals surface area contributed by atoms with Gasteiger partial charge in [0, 0.05) is 6.20 Å². The first-order valence-corrected chi connectivity index (χ1v) is 5.81. The highest BCUT2D eigenvalue weighted by molar-refractivity contribution is 14.1. The van der Waals surface area contributed by atoms with Crippen LogP contribution in [0.25, 0.3) is 5.69 Å². The van der Waals surface area contributed by atoms with Gasteiger partial charge >= 0.3 is 6.18 Å². The molecule has 0 saturated carbocycles. The molecule has 0 atom stereocenters. The third-order valence-electron chi connectivity index (χ3n) is 2.24. The minimum Gasteiger partial charge on any atom is -0.240 e. The molecule has 0 fully saturated rings. The monoisotopic (exact) mass is 363 g/mol. The number of benzene rings is 1. The molecule has 2 aromatic rings. The summed E-state index contributed by atoms with van der Waals surface area (Å²) in [6, 6.07) is 5.03. The van der Waals surface area contributed by atoms with E-state index in [1.165, 1.54) is 23.0 Å². The molecule has 0 amide bonds. The van der Waals surface area contributed by atoms with Crippen LogP contribution < -0.4 is 0 Å². The van der Waals surface area contributed by atoms with Crippen LogP contribution in [0.5, 0.6) is 0 Å². The first kappa shape index (κ1) is 12.9. The first-order chi connectivity index (χ1) is 8.41. The van der Waals surface area contributed by atoms with Gasteiger partial charge in [-0.25, -0.2) is 4.68 Å². The SMILES string of the molecule is N#Cc1ccc(-n2cc(I)cn2)cc1C(F)(F)F. The Morgan fingerprint density at radius 2 is 2.06 bits per heavy atom. The molecule has 0 bridgehead atoms. The number of aromatic nitrogens is 2. The molecule has 1 heterocycles. The molecule has 0 aliphatic rings. The highest BCUT2D eigenvalue weighted by Gasteiger charge is 2.34. The summed E-state index contributed by atoms with van der Waals surface area (Å²) < 4.78 is 40.4. The van der Waals surface area contributed by atoms with Gasteiger partial charge in [0.1, 0.15) is 0 Å². The lowest BCUT2D eigenvalue weighted by Crippen LogP contribution is -2.09. The Morgan fingerprint density at radius 1 is 1.33 bits per heavy atom. The van der Waals surface area contributed by atoms with E-state index in [0.717, 1.165) is 15.7 Å². The van der Waals surface area contributed by atoms with Crippen molar-refractivity contribution in [3.63, 3.8) is 0 Å². The van der Waals surface area contributed by atoms with Gasteiger partial charge in [0.25, 0.3) is 0 Å². The van der Waals surface area contributed by atoms with Gasteiger partial charge in [-0.15, -0.1) is 0 Å². The summed E-state index contributed by atoms with van der Waals surface area (Å²) in [6.07, 6.45) is -1.42. The van der Waals surface area contributed by atoms with Crippen molar-refractivity contribution in [2.45, 2.75) is 6.18 Å². The smallest absolute Gasteiger partial charge is 0.240 e. The second-order valence-corrected chi connectivity index (χ2v) is 4.69. The van der Waals surface area contributed by atoms with Gasteiger partial charge in [-0.3, -0.25) is 0 Å². The van der Waals surface area contributed by atoms with E-state index in [0.29, 0.717) is 0 Å². The lowest BCUT2D eigenvalue weighted by atomic mass is 10.1. The Kier molecular flexibility index (Phi) is 3.30. The van der Waals surface area contributed by atoms with Gasteiger partial charge in [-0.2, -0.15) is 23.5 Å². The standard InChI is InChI=1S/C11H5F3IN3/c12-11(13,14)10-3-9(2-1-7(10)4-16)18-6-8(15)5-17-18/h1-3,5-6H. The molecule has 7 heteroatoms. The minimum absolute atomic E-state index is 0.268. The van der Waals surface area contributed by atoms with Crippen LogP contribution in [0.3, 0.4) is 0 Å². The van der Waals surface area contributed by atoms with Crippen molar-refractivity contribution in [3.8, 4) is 11.8 Å². The van der Waals surface area contributed by atoms with Crippen LogP contribution in [-0.2, 0) is 6.18 Å². The van der Waals surface area contributed by atoms with Gasteiger partial charge < -0.3 is 0 Å².